The molecule has 0 spiro atoms. The van der Waals surface area contributed by atoms with Gasteiger partial charge >= 0.3 is 0 Å². The zero-order valence-corrected chi connectivity index (χ0v) is 7.87. The first-order valence-electron chi connectivity index (χ1n) is 3.94. The maximum Gasteiger partial charge on any atom is 0.223 e. The van der Waals surface area contributed by atoms with E-state index in [-0.39, 0.29) is 0 Å². The summed E-state index contributed by atoms with van der Waals surface area (Å²) in [4.78, 5) is 4.08. The van der Waals surface area contributed by atoms with E-state index in [4.69, 9.17) is 4.52 Å². The number of allylic oxidation sites excluding steroid dienone is 4. The Morgan fingerprint density at radius 2 is 2.23 bits per heavy atom. The van der Waals surface area contributed by atoms with Crippen molar-refractivity contribution in [2.24, 2.45) is 0 Å². The van der Waals surface area contributed by atoms with E-state index in [9.17, 15) is 0 Å². The molecule has 68 valence electrons. The highest BCUT2D eigenvalue weighted by atomic mass is 16.5. The van der Waals surface area contributed by atoms with Crippen LogP contribution >= 0.6 is 0 Å². The van der Waals surface area contributed by atoms with E-state index in [0.717, 1.165) is 11.1 Å². The molecule has 0 aliphatic heterocycles. The van der Waals surface area contributed by atoms with Crippen molar-refractivity contribution in [1.29, 1.82) is 0 Å². The molecule has 0 radical (unpaired) electrons. The van der Waals surface area contributed by atoms with Crippen LogP contribution in [-0.4, -0.2) is 10.1 Å². The van der Waals surface area contributed by atoms with Crippen LogP contribution in [0.25, 0.3) is 5.57 Å². The van der Waals surface area contributed by atoms with Crippen LogP contribution < -0.4 is 0 Å². The van der Waals surface area contributed by atoms with E-state index in [1.807, 2.05) is 13.0 Å². The standard InChI is InChI=1S/C10H12N2O/c1-5-9(6-7(2)3)10-11-8(4)13-12-10/h5-6H,1-2H2,3-4H3/b9-6+. The number of nitrogens with zero attached hydrogens (tertiary/aromatic N) is 2. The van der Waals surface area contributed by atoms with Gasteiger partial charge in [0.15, 0.2) is 0 Å². The van der Waals surface area contributed by atoms with E-state index >= 15 is 0 Å². The zero-order chi connectivity index (χ0) is 9.84. The smallest absolute Gasteiger partial charge is 0.223 e. The summed E-state index contributed by atoms with van der Waals surface area (Å²) in [5.74, 6) is 1.10. The Labute approximate surface area is 77.5 Å². The number of aryl methyl sites for hydroxylation is 1. The molecule has 0 aliphatic carbocycles. The molecule has 0 unspecified atom stereocenters. The van der Waals surface area contributed by atoms with Crippen molar-refractivity contribution in [2.75, 3.05) is 0 Å². The summed E-state index contributed by atoms with van der Waals surface area (Å²) >= 11 is 0. The molecule has 1 rings (SSSR count). The minimum Gasteiger partial charge on any atom is -0.339 e. The monoisotopic (exact) mass is 176 g/mol. The summed E-state index contributed by atoms with van der Waals surface area (Å²) in [7, 11) is 0. The second kappa shape index (κ2) is 3.85. The molecule has 1 aromatic heterocycles. The predicted molar refractivity (Wildman–Crippen MR) is 52.0 cm³/mol. The Balaban J connectivity index is 3.04. The van der Waals surface area contributed by atoms with Gasteiger partial charge in [-0.1, -0.05) is 30.0 Å². The van der Waals surface area contributed by atoms with E-state index in [1.54, 1.807) is 13.0 Å². The molecule has 1 aromatic rings. The quantitative estimate of drug-likeness (QED) is 0.664. The fraction of sp³-hybridized carbons (Fsp3) is 0.200. The average molecular weight is 176 g/mol. The molecule has 0 fully saturated rings. The van der Waals surface area contributed by atoms with Crippen LogP contribution in [0.3, 0.4) is 0 Å². The van der Waals surface area contributed by atoms with Crippen molar-refractivity contribution >= 4 is 5.57 Å². The molecular formula is C10H12N2O. The molecule has 3 heteroatoms. The minimum atomic E-state index is 0.546. The lowest BCUT2D eigenvalue weighted by molar-refractivity contribution is 0.391. The van der Waals surface area contributed by atoms with Crippen molar-refractivity contribution in [3.8, 4) is 0 Å². The van der Waals surface area contributed by atoms with E-state index in [2.05, 4.69) is 23.3 Å². The van der Waals surface area contributed by atoms with Crippen LogP contribution in [0.15, 0.2) is 35.4 Å². The molecule has 0 atom stereocenters. The number of hydrogen-bond acceptors (Lipinski definition) is 3. The van der Waals surface area contributed by atoms with Gasteiger partial charge in [0.25, 0.3) is 0 Å². The van der Waals surface area contributed by atoms with E-state index in [0.29, 0.717) is 11.7 Å². The summed E-state index contributed by atoms with van der Waals surface area (Å²) in [6.45, 7) is 11.1. The van der Waals surface area contributed by atoms with Gasteiger partial charge in [0.1, 0.15) is 0 Å². The van der Waals surface area contributed by atoms with Crippen LogP contribution in [0.2, 0.25) is 0 Å². The van der Waals surface area contributed by atoms with Crippen molar-refractivity contribution in [2.45, 2.75) is 13.8 Å². The fourth-order valence-corrected chi connectivity index (χ4v) is 0.897. The Kier molecular flexibility index (Phi) is 2.80. The van der Waals surface area contributed by atoms with E-state index < -0.39 is 0 Å². The Morgan fingerprint density at radius 1 is 1.54 bits per heavy atom. The maximum atomic E-state index is 4.85. The zero-order valence-electron chi connectivity index (χ0n) is 7.87. The molecule has 13 heavy (non-hydrogen) atoms. The topological polar surface area (TPSA) is 38.9 Å². The lowest BCUT2D eigenvalue weighted by Crippen LogP contribution is -1.84. The lowest BCUT2D eigenvalue weighted by Gasteiger charge is -1.93. The first kappa shape index (κ1) is 9.45. The van der Waals surface area contributed by atoms with Gasteiger partial charge in [0.05, 0.1) is 0 Å². The van der Waals surface area contributed by atoms with Gasteiger partial charge in [0.2, 0.25) is 11.7 Å². The van der Waals surface area contributed by atoms with E-state index in [1.165, 1.54) is 0 Å². The number of aromatic nitrogens is 2. The van der Waals surface area contributed by atoms with Crippen molar-refractivity contribution in [3.63, 3.8) is 0 Å². The summed E-state index contributed by atoms with van der Waals surface area (Å²) in [6, 6.07) is 0. The molecule has 0 amide bonds. The van der Waals surface area contributed by atoms with Crippen LogP contribution in [-0.2, 0) is 0 Å². The molecule has 0 bridgehead atoms. The summed E-state index contributed by atoms with van der Waals surface area (Å²) in [5, 5.41) is 3.77. The average Bonchev–Trinajstić information content (AvgIpc) is 2.47. The van der Waals surface area contributed by atoms with Crippen LogP contribution in [0.1, 0.15) is 18.6 Å². The molecule has 0 aliphatic rings. The number of hydrogen-bond donors (Lipinski definition) is 0. The fourth-order valence-electron chi connectivity index (χ4n) is 0.897. The summed E-state index contributed by atoms with van der Waals surface area (Å²) in [5.41, 5.74) is 1.75. The van der Waals surface area contributed by atoms with Gasteiger partial charge in [0, 0.05) is 12.5 Å². The Hall–Kier alpha value is -1.64. The molecule has 0 saturated heterocycles. The molecule has 0 N–H and O–H groups in total. The highest BCUT2D eigenvalue weighted by Gasteiger charge is 2.04. The number of rotatable bonds is 3. The van der Waals surface area contributed by atoms with Gasteiger partial charge in [-0.2, -0.15) is 4.98 Å². The predicted octanol–water partition coefficient (Wildman–Crippen LogP) is 2.52. The van der Waals surface area contributed by atoms with Crippen molar-refractivity contribution < 1.29 is 4.52 Å². The normalized spacial score (nSPS) is 11.4. The third-order valence-corrected chi connectivity index (χ3v) is 1.41. The molecule has 1 heterocycles. The Morgan fingerprint density at radius 3 is 2.62 bits per heavy atom. The highest BCUT2D eigenvalue weighted by Crippen LogP contribution is 2.13. The van der Waals surface area contributed by atoms with Gasteiger partial charge in [-0.3, -0.25) is 0 Å². The van der Waals surface area contributed by atoms with Gasteiger partial charge in [-0.25, -0.2) is 0 Å². The van der Waals surface area contributed by atoms with Crippen LogP contribution in [0.4, 0.5) is 0 Å². The van der Waals surface area contributed by atoms with Crippen molar-refractivity contribution in [3.05, 3.63) is 42.6 Å². The molecule has 0 saturated carbocycles. The second-order valence-corrected chi connectivity index (χ2v) is 2.79. The first-order chi connectivity index (χ1) is 6.13. The summed E-state index contributed by atoms with van der Waals surface area (Å²) in [6.07, 6.45) is 3.54. The molecule has 0 aromatic carbocycles. The SMILES string of the molecule is C=C/C(=C\C(=C)C)c1noc(C)n1. The van der Waals surface area contributed by atoms with Gasteiger partial charge in [-0.15, -0.1) is 0 Å². The first-order valence-corrected chi connectivity index (χ1v) is 3.94. The summed E-state index contributed by atoms with van der Waals surface area (Å²) < 4.78 is 4.85. The van der Waals surface area contributed by atoms with Crippen LogP contribution in [0, 0.1) is 6.92 Å². The van der Waals surface area contributed by atoms with Crippen molar-refractivity contribution in [1.82, 2.24) is 10.1 Å². The third-order valence-electron chi connectivity index (χ3n) is 1.41. The maximum absolute atomic E-state index is 4.85. The highest BCUT2D eigenvalue weighted by molar-refractivity contribution is 5.70. The third kappa shape index (κ3) is 2.40. The molecule has 3 nitrogen and oxygen atoms in total. The second-order valence-electron chi connectivity index (χ2n) is 2.79. The minimum absolute atomic E-state index is 0.546. The molecular weight excluding hydrogens is 164 g/mol. The largest absolute Gasteiger partial charge is 0.339 e. The van der Waals surface area contributed by atoms with Gasteiger partial charge < -0.3 is 4.52 Å². The lowest BCUT2D eigenvalue weighted by atomic mass is 10.2. The van der Waals surface area contributed by atoms with Gasteiger partial charge in [-0.05, 0) is 13.0 Å². The Bertz CT molecular complexity index is 361. The van der Waals surface area contributed by atoms with Crippen LogP contribution in [0.5, 0.6) is 0 Å².